The number of ether oxygens (including phenoxy) is 1. The van der Waals surface area contributed by atoms with E-state index in [0.717, 1.165) is 28.6 Å². The molecule has 0 bridgehead atoms. The molecular weight excluding hydrogens is 258 g/mol. The first kappa shape index (κ1) is 12.0. The summed E-state index contributed by atoms with van der Waals surface area (Å²) in [5.74, 6) is 0.880. The predicted molar refractivity (Wildman–Crippen MR) is 78.1 cm³/mol. The molecule has 0 saturated carbocycles. The number of rotatable bonds is 4. The van der Waals surface area contributed by atoms with Crippen molar-refractivity contribution < 1.29 is 4.74 Å². The third kappa shape index (κ3) is 2.42. The zero-order valence-corrected chi connectivity index (χ0v) is 11.7. The number of imidazole rings is 1. The monoisotopic (exact) mass is 273 g/mol. The number of benzene rings is 1. The molecule has 3 aromatic rings. The molecule has 1 N–H and O–H groups in total. The third-order valence-corrected chi connectivity index (χ3v) is 3.81. The van der Waals surface area contributed by atoms with E-state index in [1.54, 1.807) is 18.4 Å². The number of thiazole rings is 1. The zero-order chi connectivity index (χ0) is 13.2. The maximum absolute atomic E-state index is 5.20. The second-order valence-electron chi connectivity index (χ2n) is 4.36. The molecule has 0 spiro atoms. The summed E-state index contributed by atoms with van der Waals surface area (Å²) in [4.78, 5) is 5.58. The van der Waals surface area contributed by atoms with Crippen LogP contribution in [0.2, 0.25) is 0 Å². The Hall–Kier alpha value is -2.01. The predicted octanol–water partition coefficient (Wildman–Crippen LogP) is 3.32. The van der Waals surface area contributed by atoms with Gasteiger partial charge in [0.1, 0.15) is 5.75 Å². The van der Waals surface area contributed by atoms with Gasteiger partial charge in [-0.05, 0) is 30.7 Å². The van der Waals surface area contributed by atoms with E-state index in [1.165, 1.54) is 5.56 Å². The second kappa shape index (κ2) is 4.93. The second-order valence-corrected chi connectivity index (χ2v) is 5.23. The fraction of sp³-hybridized carbons (Fsp3) is 0.214. The molecule has 2 heterocycles. The smallest absolute Gasteiger partial charge is 0.193 e. The minimum atomic E-state index is 0.724. The lowest BCUT2D eigenvalue weighted by molar-refractivity contribution is 0.414. The summed E-state index contributed by atoms with van der Waals surface area (Å²) < 4.78 is 7.24. The Morgan fingerprint density at radius 2 is 2.32 bits per heavy atom. The van der Waals surface area contributed by atoms with Crippen LogP contribution in [0.15, 0.2) is 36.0 Å². The number of nitrogens with zero attached hydrogens (tertiary/aromatic N) is 2. The van der Waals surface area contributed by atoms with Crippen molar-refractivity contribution in [3.8, 4) is 5.75 Å². The van der Waals surface area contributed by atoms with Crippen LogP contribution < -0.4 is 10.1 Å². The average molecular weight is 273 g/mol. The van der Waals surface area contributed by atoms with Crippen molar-refractivity contribution in [1.29, 1.82) is 0 Å². The summed E-state index contributed by atoms with van der Waals surface area (Å²) in [7, 11) is 1.68. The van der Waals surface area contributed by atoms with Crippen LogP contribution in [0, 0.1) is 6.92 Å². The lowest BCUT2D eigenvalue weighted by Gasteiger charge is -2.09. The number of anilines is 1. The molecule has 0 amide bonds. The van der Waals surface area contributed by atoms with Crippen molar-refractivity contribution in [2.24, 2.45) is 0 Å². The van der Waals surface area contributed by atoms with E-state index in [-0.39, 0.29) is 0 Å². The van der Waals surface area contributed by atoms with Crippen molar-refractivity contribution >= 4 is 22.0 Å². The topological polar surface area (TPSA) is 38.6 Å². The highest BCUT2D eigenvalue weighted by molar-refractivity contribution is 7.15. The van der Waals surface area contributed by atoms with Gasteiger partial charge in [0.25, 0.3) is 0 Å². The molecule has 0 fully saturated rings. The SMILES string of the molecule is COc1ccc(NCc2cn3ccsc3n2)c(C)c1. The van der Waals surface area contributed by atoms with Crippen LogP contribution >= 0.6 is 11.3 Å². The zero-order valence-electron chi connectivity index (χ0n) is 10.9. The molecule has 0 aliphatic carbocycles. The number of fused-ring (bicyclic) bond motifs is 1. The number of aryl methyl sites for hydroxylation is 1. The van der Waals surface area contributed by atoms with Crippen molar-refractivity contribution in [3.05, 3.63) is 47.2 Å². The largest absolute Gasteiger partial charge is 0.497 e. The number of methoxy groups -OCH3 is 1. The first-order chi connectivity index (χ1) is 9.26. The summed E-state index contributed by atoms with van der Waals surface area (Å²) in [6.07, 6.45) is 4.08. The van der Waals surface area contributed by atoms with E-state index in [0.29, 0.717) is 0 Å². The van der Waals surface area contributed by atoms with E-state index >= 15 is 0 Å². The van der Waals surface area contributed by atoms with Crippen LogP contribution in [-0.4, -0.2) is 16.5 Å². The van der Waals surface area contributed by atoms with Crippen LogP contribution in [0.5, 0.6) is 5.75 Å². The standard InChI is InChI=1S/C14H15N3OS/c1-10-7-12(18-2)3-4-13(10)15-8-11-9-17-5-6-19-14(17)16-11/h3-7,9,15H,8H2,1-2H3. The van der Waals surface area contributed by atoms with E-state index in [9.17, 15) is 0 Å². The molecule has 0 unspecified atom stereocenters. The van der Waals surface area contributed by atoms with Gasteiger partial charge in [0.2, 0.25) is 0 Å². The fourth-order valence-corrected chi connectivity index (χ4v) is 2.73. The van der Waals surface area contributed by atoms with Gasteiger partial charge in [-0.3, -0.25) is 4.40 Å². The maximum atomic E-state index is 5.20. The van der Waals surface area contributed by atoms with E-state index in [4.69, 9.17) is 4.74 Å². The van der Waals surface area contributed by atoms with Gasteiger partial charge in [-0.2, -0.15) is 0 Å². The molecular formula is C14H15N3OS. The molecule has 0 aliphatic heterocycles. The Bertz CT molecular complexity index is 673. The average Bonchev–Trinajstić information content (AvgIpc) is 2.98. The van der Waals surface area contributed by atoms with E-state index < -0.39 is 0 Å². The Labute approximate surface area is 115 Å². The van der Waals surface area contributed by atoms with Gasteiger partial charge in [0.15, 0.2) is 4.96 Å². The van der Waals surface area contributed by atoms with Crippen LogP contribution in [0.3, 0.4) is 0 Å². The van der Waals surface area contributed by atoms with E-state index in [1.807, 2.05) is 34.2 Å². The molecule has 3 rings (SSSR count). The van der Waals surface area contributed by atoms with Gasteiger partial charge < -0.3 is 10.1 Å². The van der Waals surface area contributed by atoms with Crippen LogP contribution in [0.25, 0.3) is 4.96 Å². The summed E-state index contributed by atoms with van der Waals surface area (Å²) in [6, 6.07) is 6.02. The minimum Gasteiger partial charge on any atom is -0.497 e. The van der Waals surface area contributed by atoms with E-state index in [2.05, 4.69) is 23.4 Å². The highest BCUT2D eigenvalue weighted by Gasteiger charge is 2.04. The van der Waals surface area contributed by atoms with Gasteiger partial charge in [0, 0.05) is 23.5 Å². The Balaban J connectivity index is 1.73. The van der Waals surface area contributed by atoms with Crippen molar-refractivity contribution in [1.82, 2.24) is 9.38 Å². The third-order valence-electron chi connectivity index (χ3n) is 3.04. The molecule has 19 heavy (non-hydrogen) atoms. The van der Waals surface area contributed by atoms with Gasteiger partial charge in [-0.1, -0.05) is 0 Å². The molecule has 2 aromatic heterocycles. The van der Waals surface area contributed by atoms with Gasteiger partial charge in [0.05, 0.1) is 19.3 Å². The summed E-state index contributed by atoms with van der Waals surface area (Å²) in [5.41, 5.74) is 3.32. The quantitative estimate of drug-likeness (QED) is 0.792. The first-order valence-electron chi connectivity index (χ1n) is 6.06. The number of hydrogen-bond acceptors (Lipinski definition) is 4. The van der Waals surface area contributed by atoms with Crippen molar-refractivity contribution in [3.63, 3.8) is 0 Å². The molecule has 0 aliphatic rings. The number of hydrogen-bond donors (Lipinski definition) is 1. The summed E-state index contributed by atoms with van der Waals surface area (Å²) >= 11 is 1.65. The molecule has 5 heteroatoms. The van der Waals surface area contributed by atoms with Crippen LogP contribution in [0.1, 0.15) is 11.3 Å². The van der Waals surface area contributed by atoms with Crippen LogP contribution in [0.4, 0.5) is 5.69 Å². The molecule has 1 aromatic carbocycles. The molecule has 4 nitrogen and oxygen atoms in total. The van der Waals surface area contributed by atoms with Gasteiger partial charge in [-0.15, -0.1) is 11.3 Å². The maximum Gasteiger partial charge on any atom is 0.193 e. The Morgan fingerprint density at radius 3 is 3.05 bits per heavy atom. The van der Waals surface area contributed by atoms with Gasteiger partial charge >= 0.3 is 0 Å². The molecule has 98 valence electrons. The lowest BCUT2D eigenvalue weighted by atomic mass is 10.2. The fourth-order valence-electron chi connectivity index (χ4n) is 2.01. The molecule has 0 atom stereocenters. The summed E-state index contributed by atoms with van der Waals surface area (Å²) in [5, 5.41) is 5.44. The number of aromatic nitrogens is 2. The molecule has 0 saturated heterocycles. The first-order valence-corrected chi connectivity index (χ1v) is 6.94. The number of nitrogens with one attached hydrogen (secondary N) is 1. The van der Waals surface area contributed by atoms with Crippen molar-refractivity contribution in [2.75, 3.05) is 12.4 Å². The van der Waals surface area contributed by atoms with Gasteiger partial charge in [-0.25, -0.2) is 4.98 Å². The summed E-state index contributed by atoms with van der Waals surface area (Å²) in [6.45, 7) is 2.79. The minimum absolute atomic E-state index is 0.724. The highest BCUT2D eigenvalue weighted by atomic mass is 32.1. The highest BCUT2D eigenvalue weighted by Crippen LogP contribution is 2.21. The Kier molecular flexibility index (Phi) is 3.13. The Morgan fingerprint density at radius 1 is 1.42 bits per heavy atom. The normalized spacial score (nSPS) is 10.8. The lowest BCUT2D eigenvalue weighted by Crippen LogP contribution is -2.01. The molecule has 0 radical (unpaired) electrons. The van der Waals surface area contributed by atoms with Crippen LogP contribution in [-0.2, 0) is 6.54 Å². The van der Waals surface area contributed by atoms with Crippen molar-refractivity contribution in [2.45, 2.75) is 13.5 Å².